The molecule has 8 nitrogen and oxygen atoms in total. The third-order valence-electron chi connectivity index (χ3n) is 6.51. The first kappa shape index (κ1) is 27.9. The summed E-state index contributed by atoms with van der Waals surface area (Å²) in [5, 5.41) is 21.8. The summed E-state index contributed by atoms with van der Waals surface area (Å²) in [6.45, 7) is -0.145. The van der Waals surface area contributed by atoms with E-state index in [2.05, 4.69) is 5.32 Å². The Morgan fingerprint density at radius 2 is 1.63 bits per heavy atom. The Morgan fingerprint density at radius 3 is 2.13 bits per heavy atom. The molecule has 1 aliphatic heterocycles. The number of aliphatic hydroxyl groups is 2. The van der Waals surface area contributed by atoms with Gasteiger partial charge in [-0.05, 0) is 48.2 Å². The molecule has 38 heavy (non-hydrogen) atoms. The number of fused-ring (bicyclic) bond motifs is 1. The zero-order chi connectivity index (χ0) is 28.3. The van der Waals surface area contributed by atoms with Crippen molar-refractivity contribution in [3.8, 4) is 0 Å². The summed E-state index contributed by atoms with van der Waals surface area (Å²) in [4.78, 5) is 25.5. The maximum Gasteiger partial charge on any atom is 0.430 e. The summed E-state index contributed by atoms with van der Waals surface area (Å²) in [6.07, 6.45) is -11.1. The average Bonchev–Trinajstić information content (AvgIpc) is 3.39. The van der Waals surface area contributed by atoms with Crippen LogP contribution < -0.4 is 5.32 Å². The molecule has 2 aromatic carbocycles. The Balaban J connectivity index is 1.57. The lowest BCUT2D eigenvalue weighted by molar-refractivity contribution is -0.376. The van der Waals surface area contributed by atoms with Gasteiger partial charge in [-0.2, -0.15) is 26.3 Å². The third-order valence-corrected chi connectivity index (χ3v) is 8.40. The lowest BCUT2D eigenvalue weighted by Crippen LogP contribution is -2.53. The summed E-state index contributed by atoms with van der Waals surface area (Å²) in [5.41, 5.74) is -7.55. The Morgan fingerprint density at radius 1 is 1.05 bits per heavy atom. The van der Waals surface area contributed by atoms with E-state index in [4.69, 9.17) is 0 Å². The Labute approximate surface area is 211 Å². The van der Waals surface area contributed by atoms with Gasteiger partial charge in [0.2, 0.25) is 6.41 Å². The number of carbonyl (C=O) groups excluding carboxylic acids is 2. The van der Waals surface area contributed by atoms with Crippen molar-refractivity contribution in [3.63, 3.8) is 0 Å². The summed E-state index contributed by atoms with van der Waals surface area (Å²) in [7, 11) is -3.86. The minimum Gasteiger partial charge on any atom is -0.389 e. The van der Waals surface area contributed by atoms with Crippen LogP contribution in [-0.4, -0.2) is 59.6 Å². The van der Waals surface area contributed by atoms with Crippen LogP contribution in [-0.2, 0) is 31.6 Å². The topological polar surface area (TPSA) is 124 Å². The molecule has 2 amide bonds. The van der Waals surface area contributed by atoms with Crippen LogP contribution in [0, 0.1) is 0 Å². The first-order chi connectivity index (χ1) is 17.4. The van der Waals surface area contributed by atoms with Crippen molar-refractivity contribution in [3.05, 3.63) is 59.2 Å². The van der Waals surface area contributed by atoms with Gasteiger partial charge in [-0.15, -0.1) is 0 Å². The third kappa shape index (κ3) is 4.85. The van der Waals surface area contributed by atoms with Crippen LogP contribution in [0.15, 0.2) is 47.4 Å². The number of carbonyl (C=O) groups is 2. The largest absolute Gasteiger partial charge is 0.430 e. The van der Waals surface area contributed by atoms with E-state index in [-0.39, 0.29) is 22.7 Å². The first-order valence-electron chi connectivity index (χ1n) is 11.0. The number of alkyl halides is 6. The summed E-state index contributed by atoms with van der Waals surface area (Å²) < 4.78 is 104. The highest BCUT2D eigenvalue weighted by molar-refractivity contribution is 7.91. The van der Waals surface area contributed by atoms with Crippen molar-refractivity contribution in [1.82, 2.24) is 4.90 Å². The molecule has 1 fully saturated rings. The van der Waals surface area contributed by atoms with Crippen molar-refractivity contribution < 1.29 is 54.6 Å². The molecule has 15 heteroatoms. The fourth-order valence-corrected chi connectivity index (χ4v) is 6.01. The molecule has 0 spiro atoms. The molecule has 4 rings (SSSR count). The predicted octanol–water partition coefficient (Wildman–Crippen LogP) is 2.95. The minimum atomic E-state index is -6.07. The molecule has 0 bridgehead atoms. The fourth-order valence-electron chi connectivity index (χ4n) is 4.25. The van der Waals surface area contributed by atoms with E-state index in [0.29, 0.717) is 36.9 Å². The highest BCUT2D eigenvalue weighted by Crippen LogP contribution is 2.50. The molecule has 1 heterocycles. The van der Waals surface area contributed by atoms with Gasteiger partial charge in [0.25, 0.3) is 11.5 Å². The molecular weight excluding hydrogens is 546 g/mol. The Bertz CT molecular complexity index is 1360. The van der Waals surface area contributed by atoms with Gasteiger partial charge >= 0.3 is 12.4 Å². The highest BCUT2D eigenvalue weighted by Gasteiger charge is 2.71. The standard InChI is InChI=1S/C23H20F6N2O6S/c24-22(25,26)21(35,23(27,28)29)14-1-3-15(4-2-14)30-19(33)18-17-6-5-16(9-13(17)10-31(18)12-32)38(36,37)11-20(34)7-8-20/h1-6,9,12,18,34-35H,7-8,10-11H2,(H,30,33). The second-order valence-corrected chi connectivity index (χ2v) is 11.3. The molecular formula is C23H20F6N2O6S. The molecule has 206 valence electrons. The van der Waals surface area contributed by atoms with E-state index in [1.54, 1.807) is 0 Å². The smallest absolute Gasteiger partial charge is 0.389 e. The number of anilines is 1. The normalized spacial score (nSPS) is 19.2. The van der Waals surface area contributed by atoms with Crippen LogP contribution >= 0.6 is 0 Å². The SMILES string of the molecule is O=CN1Cc2cc(S(=O)(=O)CC3(O)CC3)ccc2C1C(=O)Nc1ccc(C(O)(C(F)(F)F)C(F)(F)F)cc1. The van der Waals surface area contributed by atoms with E-state index >= 15 is 0 Å². The molecule has 0 aromatic heterocycles. The quantitative estimate of drug-likeness (QED) is 0.350. The van der Waals surface area contributed by atoms with Gasteiger partial charge in [0.05, 0.1) is 16.2 Å². The van der Waals surface area contributed by atoms with Crippen LogP contribution in [0.1, 0.15) is 35.6 Å². The summed E-state index contributed by atoms with van der Waals surface area (Å²) in [5.74, 6) is -1.35. The van der Waals surface area contributed by atoms with E-state index in [9.17, 15) is 54.6 Å². The maximum atomic E-state index is 13.1. The number of nitrogens with zero attached hydrogens (tertiary/aromatic N) is 1. The van der Waals surface area contributed by atoms with Gasteiger partial charge in [-0.1, -0.05) is 18.2 Å². The lowest BCUT2D eigenvalue weighted by atomic mass is 9.92. The number of hydrogen-bond acceptors (Lipinski definition) is 6. The lowest BCUT2D eigenvalue weighted by Gasteiger charge is -2.32. The molecule has 2 aromatic rings. The number of rotatable bonds is 7. The Hall–Kier alpha value is -3.17. The summed E-state index contributed by atoms with van der Waals surface area (Å²) >= 11 is 0. The van der Waals surface area contributed by atoms with E-state index in [1.165, 1.54) is 18.2 Å². The number of halogens is 6. The fraction of sp³-hybridized carbons (Fsp3) is 0.391. The van der Waals surface area contributed by atoms with Crippen LogP contribution in [0.2, 0.25) is 0 Å². The van der Waals surface area contributed by atoms with Crippen molar-refractivity contribution in [1.29, 1.82) is 0 Å². The number of sulfone groups is 1. The van der Waals surface area contributed by atoms with E-state index in [0.717, 1.165) is 17.0 Å². The predicted molar refractivity (Wildman–Crippen MR) is 118 cm³/mol. The van der Waals surface area contributed by atoms with Crippen molar-refractivity contribution in [2.45, 2.75) is 53.9 Å². The van der Waals surface area contributed by atoms with Gasteiger partial charge in [-0.25, -0.2) is 8.42 Å². The molecule has 1 saturated carbocycles. The van der Waals surface area contributed by atoms with Gasteiger partial charge in [-0.3, -0.25) is 9.59 Å². The van der Waals surface area contributed by atoms with Gasteiger partial charge < -0.3 is 20.4 Å². The van der Waals surface area contributed by atoms with E-state index < -0.39 is 56.7 Å². The number of amides is 2. The number of benzene rings is 2. The highest BCUT2D eigenvalue weighted by atomic mass is 32.2. The van der Waals surface area contributed by atoms with Crippen LogP contribution in [0.4, 0.5) is 32.0 Å². The monoisotopic (exact) mass is 566 g/mol. The van der Waals surface area contributed by atoms with Crippen LogP contribution in [0.5, 0.6) is 0 Å². The van der Waals surface area contributed by atoms with Crippen molar-refractivity contribution in [2.24, 2.45) is 0 Å². The first-order valence-corrected chi connectivity index (χ1v) is 12.6. The maximum absolute atomic E-state index is 13.1. The molecule has 3 N–H and O–H groups in total. The second-order valence-electron chi connectivity index (χ2n) is 9.30. The zero-order valence-corrected chi connectivity index (χ0v) is 20.0. The van der Waals surface area contributed by atoms with Crippen LogP contribution in [0.25, 0.3) is 0 Å². The molecule has 1 aliphatic carbocycles. The van der Waals surface area contributed by atoms with Crippen LogP contribution in [0.3, 0.4) is 0 Å². The molecule has 0 saturated heterocycles. The van der Waals surface area contributed by atoms with Gasteiger partial charge in [0.1, 0.15) is 6.04 Å². The molecule has 0 radical (unpaired) electrons. The van der Waals surface area contributed by atoms with E-state index in [1.807, 2.05) is 0 Å². The second kappa shape index (κ2) is 8.95. The van der Waals surface area contributed by atoms with Gasteiger partial charge in [0.15, 0.2) is 9.84 Å². The molecule has 1 atom stereocenters. The van der Waals surface area contributed by atoms with Crippen molar-refractivity contribution in [2.75, 3.05) is 11.1 Å². The number of nitrogens with one attached hydrogen (secondary N) is 1. The summed E-state index contributed by atoms with van der Waals surface area (Å²) in [6, 6.07) is 4.74. The number of hydrogen-bond donors (Lipinski definition) is 3. The minimum absolute atomic E-state index is 0.110. The Kier molecular flexibility index (Phi) is 6.56. The molecule has 1 unspecified atom stereocenters. The zero-order valence-electron chi connectivity index (χ0n) is 19.2. The van der Waals surface area contributed by atoms with Gasteiger partial charge in [0, 0.05) is 17.8 Å². The molecule has 2 aliphatic rings. The average molecular weight is 566 g/mol. The van der Waals surface area contributed by atoms with Crippen molar-refractivity contribution >= 4 is 27.8 Å².